The minimum absolute atomic E-state index is 0.258. The molecule has 0 saturated heterocycles. The van der Waals surface area contributed by atoms with E-state index in [1.54, 1.807) is 0 Å². The summed E-state index contributed by atoms with van der Waals surface area (Å²) in [4.78, 5) is 17.1. The Hall–Kier alpha value is -1.05. The third-order valence-corrected chi connectivity index (χ3v) is 4.68. The number of hydrogen-bond acceptors (Lipinski definition) is 5. The lowest BCUT2D eigenvalue weighted by atomic mass is 10.2. The van der Waals surface area contributed by atoms with Crippen molar-refractivity contribution in [1.82, 2.24) is 0 Å². The maximum absolute atomic E-state index is 10.5. The molecule has 0 amide bonds. The molecule has 0 fully saturated rings. The average Bonchev–Trinajstić information content (AvgIpc) is 2.72. The van der Waals surface area contributed by atoms with E-state index in [-0.39, 0.29) is 6.61 Å². The predicted octanol–water partition coefficient (Wildman–Crippen LogP) is 4.94. The lowest BCUT2D eigenvalue weighted by molar-refractivity contribution is -0.129. The Morgan fingerprint density at radius 3 is 1.81 bits per heavy atom. The first-order chi connectivity index (χ1) is 14.8. The molecule has 31 heavy (non-hydrogen) atoms. The lowest BCUT2D eigenvalue weighted by Crippen LogP contribution is -2.25. The van der Waals surface area contributed by atoms with Gasteiger partial charge in [-0.3, -0.25) is 4.52 Å². The highest BCUT2D eigenvalue weighted by Crippen LogP contribution is 2.35. The number of aliphatic hydroxyl groups excluding tert-OH is 2. The van der Waals surface area contributed by atoms with Crippen LogP contribution < -0.4 is 0 Å². The van der Waals surface area contributed by atoms with Crippen molar-refractivity contribution >= 4 is 7.82 Å². The van der Waals surface area contributed by atoms with Gasteiger partial charge in [-0.15, -0.1) is 0 Å². The molecule has 0 saturated carbocycles. The van der Waals surface area contributed by atoms with Gasteiger partial charge >= 0.3 is 7.82 Å². The Labute approximate surface area is 187 Å². The minimum Gasteiger partial charge on any atom is -0.388 e. The number of unbranched alkanes of at least 4 members (excludes halogenated alkanes) is 4. The van der Waals surface area contributed by atoms with Gasteiger partial charge < -0.3 is 24.7 Å². The SMILES string of the molecule is CCCCCC=CCC=CCC=CCC=CCCC[C@@H](O)OC[C@@H](O)COP(=O)(O)O. The van der Waals surface area contributed by atoms with E-state index in [2.05, 4.69) is 60.1 Å². The maximum Gasteiger partial charge on any atom is 0.469 e. The van der Waals surface area contributed by atoms with E-state index in [1.165, 1.54) is 25.7 Å². The van der Waals surface area contributed by atoms with Gasteiger partial charge in [0.05, 0.1) is 13.2 Å². The molecule has 2 atom stereocenters. The van der Waals surface area contributed by atoms with E-state index in [4.69, 9.17) is 14.5 Å². The van der Waals surface area contributed by atoms with E-state index < -0.39 is 26.8 Å². The molecule has 0 aromatic heterocycles. The van der Waals surface area contributed by atoms with E-state index >= 15 is 0 Å². The highest BCUT2D eigenvalue weighted by Gasteiger charge is 2.17. The second-order valence-corrected chi connectivity index (χ2v) is 8.49. The molecule has 0 aromatic rings. The van der Waals surface area contributed by atoms with Crippen LogP contribution in [0, 0.1) is 0 Å². The van der Waals surface area contributed by atoms with Gasteiger partial charge in [0.15, 0.2) is 6.29 Å². The van der Waals surface area contributed by atoms with E-state index in [1.807, 2.05) is 0 Å². The van der Waals surface area contributed by atoms with Crippen LogP contribution in [0.4, 0.5) is 0 Å². The Kier molecular flexibility index (Phi) is 20.1. The summed E-state index contributed by atoms with van der Waals surface area (Å²) in [7, 11) is -4.61. The molecule has 0 aliphatic rings. The summed E-state index contributed by atoms with van der Waals surface area (Å²) in [5, 5.41) is 19.1. The quantitative estimate of drug-likeness (QED) is 0.0880. The van der Waals surface area contributed by atoms with Crippen LogP contribution in [-0.4, -0.2) is 45.6 Å². The molecule has 0 rings (SSSR count). The van der Waals surface area contributed by atoms with Crippen LogP contribution in [-0.2, 0) is 13.8 Å². The third kappa shape index (κ3) is 25.1. The fourth-order valence-corrected chi connectivity index (χ4v) is 2.87. The number of allylic oxidation sites excluding steroid dienone is 8. The Morgan fingerprint density at radius 1 is 0.774 bits per heavy atom. The van der Waals surface area contributed by atoms with Crippen LogP contribution >= 0.6 is 7.82 Å². The first kappa shape index (κ1) is 29.9. The zero-order valence-corrected chi connectivity index (χ0v) is 19.6. The summed E-state index contributed by atoms with van der Waals surface area (Å²) in [6.45, 7) is 1.40. The fourth-order valence-electron chi connectivity index (χ4n) is 2.51. The number of rotatable bonds is 20. The van der Waals surface area contributed by atoms with E-state index in [9.17, 15) is 14.8 Å². The third-order valence-electron chi connectivity index (χ3n) is 4.20. The lowest BCUT2D eigenvalue weighted by Gasteiger charge is -2.15. The van der Waals surface area contributed by atoms with Crippen molar-refractivity contribution < 1.29 is 33.8 Å². The summed E-state index contributed by atoms with van der Waals surface area (Å²) in [5.74, 6) is 0. The zero-order chi connectivity index (χ0) is 23.2. The van der Waals surface area contributed by atoms with Gasteiger partial charge in [0.25, 0.3) is 0 Å². The topological polar surface area (TPSA) is 116 Å². The first-order valence-corrected chi connectivity index (χ1v) is 12.7. The molecular weight excluding hydrogens is 419 g/mol. The molecule has 0 heterocycles. The minimum atomic E-state index is -4.61. The molecule has 0 spiro atoms. The van der Waals surface area contributed by atoms with Gasteiger partial charge in [0.2, 0.25) is 0 Å². The van der Waals surface area contributed by atoms with Crippen LogP contribution in [0.5, 0.6) is 0 Å². The number of phosphoric ester groups is 1. The fraction of sp³-hybridized carbons (Fsp3) is 0.652. The molecule has 0 bridgehead atoms. The van der Waals surface area contributed by atoms with Gasteiger partial charge in [0.1, 0.15) is 6.10 Å². The van der Waals surface area contributed by atoms with Crippen LogP contribution in [0.15, 0.2) is 48.6 Å². The van der Waals surface area contributed by atoms with E-state index in [0.717, 1.165) is 32.1 Å². The van der Waals surface area contributed by atoms with Crippen molar-refractivity contribution in [3.05, 3.63) is 48.6 Å². The molecule has 7 nitrogen and oxygen atoms in total. The number of aliphatic hydroxyl groups is 2. The second-order valence-electron chi connectivity index (χ2n) is 7.25. The molecule has 8 heteroatoms. The van der Waals surface area contributed by atoms with E-state index in [0.29, 0.717) is 6.42 Å². The van der Waals surface area contributed by atoms with Gasteiger partial charge in [0, 0.05) is 0 Å². The van der Waals surface area contributed by atoms with Crippen molar-refractivity contribution in [3.63, 3.8) is 0 Å². The van der Waals surface area contributed by atoms with Crippen molar-refractivity contribution in [3.8, 4) is 0 Å². The van der Waals surface area contributed by atoms with Crippen molar-refractivity contribution in [2.75, 3.05) is 13.2 Å². The van der Waals surface area contributed by atoms with Crippen LogP contribution in [0.25, 0.3) is 0 Å². The highest BCUT2D eigenvalue weighted by molar-refractivity contribution is 7.46. The first-order valence-electron chi connectivity index (χ1n) is 11.1. The van der Waals surface area contributed by atoms with Crippen molar-refractivity contribution in [1.29, 1.82) is 0 Å². The van der Waals surface area contributed by atoms with Gasteiger partial charge in [-0.05, 0) is 51.4 Å². The predicted molar refractivity (Wildman–Crippen MR) is 124 cm³/mol. The summed E-state index contributed by atoms with van der Waals surface area (Å²) < 4.78 is 19.7. The maximum atomic E-state index is 10.5. The van der Waals surface area contributed by atoms with Crippen molar-refractivity contribution in [2.24, 2.45) is 0 Å². The molecule has 0 aliphatic carbocycles. The molecule has 0 aliphatic heterocycles. The number of hydrogen-bond donors (Lipinski definition) is 4. The molecular formula is C23H41O7P. The summed E-state index contributed by atoms with van der Waals surface area (Å²) in [5.41, 5.74) is 0. The molecule has 4 N–H and O–H groups in total. The summed E-state index contributed by atoms with van der Waals surface area (Å²) in [6.07, 6.45) is 24.8. The second kappa shape index (κ2) is 20.8. The highest BCUT2D eigenvalue weighted by atomic mass is 31.2. The Bertz CT molecular complexity index is 566. The largest absolute Gasteiger partial charge is 0.469 e. The normalized spacial score (nSPS) is 15.1. The zero-order valence-electron chi connectivity index (χ0n) is 18.7. The Morgan fingerprint density at radius 2 is 1.29 bits per heavy atom. The number of phosphoric acid groups is 1. The van der Waals surface area contributed by atoms with Crippen LogP contribution in [0.2, 0.25) is 0 Å². The average molecular weight is 461 g/mol. The molecule has 0 unspecified atom stereocenters. The van der Waals surface area contributed by atoms with Crippen LogP contribution in [0.3, 0.4) is 0 Å². The van der Waals surface area contributed by atoms with Crippen molar-refractivity contribution in [2.45, 2.75) is 83.5 Å². The van der Waals surface area contributed by atoms with Crippen LogP contribution in [0.1, 0.15) is 71.1 Å². The van der Waals surface area contributed by atoms with Gasteiger partial charge in [-0.1, -0.05) is 68.4 Å². The number of ether oxygens (including phenoxy) is 1. The molecule has 0 aromatic carbocycles. The smallest absolute Gasteiger partial charge is 0.388 e. The summed E-state index contributed by atoms with van der Waals surface area (Å²) >= 11 is 0. The standard InChI is InChI=1S/C23H41O7P/c1-2-3-4-5-6-7-8-9-10-11-12-13-14-15-16-17-18-19-23(25)29-20-22(24)21-30-31(26,27)28/h6-7,9-10,12-13,15-16,22-25H,2-5,8,11,14,17-21H2,1H3,(H2,26,27,28)/t22-,23+/m1/s1. The summed E-state index contributed by atoms with van der Waals surface area (Å²) in [6, 6.07) is 0. The molecule has 180 valence electrons. The van der Waals surface area contributed by atoms with Gasteiger partial charge in [-0.25, -0.2) is 4.57 Å². The van der Waals surface area contributed by atoms with Gasteiger partial charge in [-0.2, -0.15) is 0 Å². The Balaban J connectivity index is 3.59. The molecule has 0 radical (unpaired) electrons. The monoisotopic (exact) mass is 460 g/mol.